The monoisotopic (exact) mass is 272 g/mol. The fourth-order valence-electron chi connectivity index (χ4n) is 1.59. The third-order valence-electron chi connectivity index (χ3n) is 2.47. The van der Waals surface area contributed by atoms with Gasteiger partial charge in [0.25, 0.3) is 0 Å². The molecule has 0 aliphatic heterocycles. The number of aliphatic hydroxyl groups is 1. The molecule has 4 nitrogen and oxygen atoms in total. The number of hydrogen-bond donors (Lipinski definition) is 1. The van der Waals surface area contributed by atoms with Crippen LogP contribution in [-0.2, 0) is 11.3 Å². The van der Waals surface area contributed by atoms with Crippen LogP contribution in [0.25, 0.3) is 0 Å². The summed E-state index contributed by atoms with van der Waals surface area (Å²) in [6, 6.07) is 11.1. The number of hydrogen-bond acceptors (Lipinski definition) is 4. The van der Waals surface area contributed by atoms with Gasteiger partial charge in [0.15, 0.2) is 0 Å². The molecule has 1 heterocycles. The van der Waals surface area contributed by atoms with Gasteiger partial charge in [-0.05, 0) is 30.3 Å². The smallest absolute Gasteiger partial charge is 0.129 e. The molecule has 0 aliphatic carbocycles. The van der Waals surface area contributed by atoms with Crippen molar-refractivity contribution in [1.82, 2.24) is 0 Å². The van der Waals surface area contributed by atoms with E-state index >= 15 is 0 Å². The van der Waals surface area contributed by atoms with Gasteiger partial charge in [-0.15, -0.1) is 0 Å². The Morgan fingerprint density at radius 1 is 1.15 bits per heavy atom. The molecule has 0 atom stereocenters. The third-order valence-corrected chi connectivity index (χ3v) is 2.47. The summed E-state index contributed by atoms with van der Waals surface area (Å²) < 4.78 is 16.1. The van der Waals surface area contributed by atoms with E-state index in [9.17, 15) is 0 Å². The molecule has 1 aromatic carbocycles. The van der Waals surface area contributed by atoms with Crippen LogP contribution >= 0.6 is 0 Å². The largest absolute Gasteiger partial charge is 0.491 e. The van der Waals surface area contributed by atoms with Gasteiger partial charge in [-0.3, -0.25) is 0 Å². The highest BCUT2D eigenvalue weighted by Gasteiger charge is 1.97. The van der Waals surface area contributed by atoms with E-state index < -0.39 is 0 Å². The van der Waals surface area contributed by atoms with E-state index in [2.05, 4.69) is 11.8 Å². The molecule has 0 saturated carbocycles. The molecule has 104 valence electrons. The van der Waals surface area contributed by atoms with Crippen molar-refractivity contribution >= 4 is 0 Å². The van der Waals surface area contributed by atoms with Crippen molar-refractivity contribution in [3.05, 3.63) is 54.0 Å². The highest BCUT2D eigenvalue weighted by Crippen LogP contribution is 2.12. The average Bonchev–Trinajstić information content (AvgIpc) is 2.98. The Labute approximate surface area is 117 Å². The number of rotatable bonds is 6. The lowest BCUT2D eigenvalue weighted by molar-refractivity contribution is 0.0781. The van der Waals surface area contributed by atoms with Crippen LogP contribution in [0, 0.1) is 11.8 Å². The third kappa shape index (κ3) is 4.81. The Morgan fingerprint density at radius 3 is 2.90 bits per heavy atom. The predicted molar refractivity (Wildman–Crippen MR) is 74.3 cm³/mol. The van der Waals surface area contributed by atoms with Crippen molar-refractivity contribution in [2.24, 2.45) is 0 Å². The fourth-order valence-corrected chi connectivity index (χ4v) is 1.59. The first kappa shape index (κ1) is 14.2. The Morgan fingerprint density at radius 2 is 2.10 bits per heavy atom. The van der Waals surface area contributed by atoms with Crippen LogP contribution < -0.4 is 4.74 Å². The van der Waals surface area contributed by atoms with Gasteiger partial charge in [0.05, 0.1) is 12.9 Å². The van der Waals surface area contributed by atoms with Crippen LogP contribution in [0.5, 0.6) is 5.75 Å². The molecule has 0 saturated heterocycles. The number of furan rings is 1. The molecule has 2 rings (SSSR count). The zero-order chi connectivity index (χ0) is 14.0. The van der Waals surface area contributed by atoms with E-state index in [1.165, 1.54) is 0 Å². The Bertz CT molecular complexity index is 564. The molecule has 4 heteroatoms. The Hall–Kier alpha value is -2.22. The first-order chi connectivity index (χ1) is 9.88. The minimum absolute atomic E-state index is 0.147. The average molecular weight is 272 g/mol. The molecule has 20 heavy (non-hydrogen) atoms. The van der Waals surface area contributed by atoms with Crippen LogP contribution in [0.15, 0.2) is 47.1 Å². The maximum Gasteiger partial charge on any atom is 0.129 e. The molecule has 0 spiro atoms. The predicted octanol–water partition coefficient (Wildman–Crippen LogP) is 2.22. The Kier molecular flexibility index (Phi) is 5.71. The lowest BCUT2D eigenvalue weighted by atomic mass is 10.2. The first-order valence-corrected chi connectivity index (χ1v) is 6.31. The van der Waals surface area contributed by atoms with Crippen LogP contribution in [-0.4, -0.2) is 24.9 Å². The summed E-state index contributed by atoms with van der Waals surface area (Å²) in [4.78, 5) is 0. The highest BCUT2D eigenvalue weighted by molar-refractivity contribution is 5.39. The zero-order valence-corrected chi connectivity index (χ0v) is 11.0. The molecular formula is C16H16O4. The molecule has 2 aromatic rings. The molecule has 0 fully saturated rings. The van der Waals surface area contributed by atoms with Gasteiger partial charge in [0.2, 0.25) is 0 Å². The molecule has 1 N–H and O–H groups in total. The van der Waals surface area contributed by atoms with Crippen molar-refractivity contribution in [2.45, 2.75) is 6.61 Å². The fraction of sp³-hybridized carbons (Fsp3) is 0.250. The van der Waals surface area contributed by atoms with Gasteiger partial charge in [0, 0.05) is 5.56 Å². The summed E-state index contributed by atoms with van der Waals surface area (Å²) in [7, 11) is 0. The molecule has 1 aromatic heterocycles. The molecule has 0 amide bonds. The normalized spacial score (nSPS) is 9.85. The second-order valence-corrected chi connectivity index (χ2v) is 3.97. The van der Waals surface area contributed by atoms with E-state index in [0.717, 1.165) is 17.1 Å². The van der Waals surface area contributed by atoms with Crippen LogP contribution in [0.1, 0.15) is 11.3 Å². The standard InChI is InChI=1S/C16H16O4/c17-8-2-5-14-4-1-6-15(12-14)20-11-10-18-13-16-7-3-9-19-16/h1,3-4,6-7,9,12,17H,8,10-11,13H2. The SMILES string of the molecule is OCC#Cc1cccc(OCCOCc2ccco2)c1. The second-order valence-electron chi connectivity index (χ2n) is 3.97. The van der Waals surface area contributed by atoms with Crippen molar-refractivity contribution in [3.8, 4) is 17.6 Å². The summed E-state index contributed by atoms with van der Waals surface area (Å²) in [6.45, 7) is 1.23. The van der Waals surface area contributed by atoms with Gasteiger partial charge in [-0.2, -0.15) is 0 Å². The lowest BCUT2D eigenvalue weighted by Gasteiger charge is -2.06. The van der Waals surface area contributed by atoms with Crippen molar-refractivity contribution < 1.29 is 19.0 Å². The summed E-state index contributed by atoms with van der Waals surface area (Å²) in [6.07, 6.45) is 1.62. The summed E-state index contributed by atoms with van der Waals surface area (Å²) in [5.74, 6) is 6.96. The summed E-state index contributed by atoms with van der Waals surface area (Å²) in [5.41, 5.74) is 0.813. The maximum atomic E-state index is 8.65. The van der Waals surface area contributed by atoms with Gasteiger partial charge < -0.3 is 19.0 Å². The topological polar surface area (TPSA) is 51.8 Å². The lowest BCUT2D eigenvalue weighted by Crippen LogP contribution is -2.06. The number of aliphatic hydroxyl groups excluding tert-OH is 1. The van der Waals surface area contributed by atoms with Crippen LogP contribution in [0.3, 0.4) is 0 Å². The minimum atomic E-state index is -0.147. The van der Waals surface area contributed by atoms with Gasteiger partial charge in [-0.1, -0.05) is 17.9 Å². The molecule has 0 radical (unpaired) electrons. The van der Waals surface area contributed by atoms with E-state index in [0.29, 0.717) is 19.8 Å². The molecular weight excluding hydrogens is 256 g/mol. The highest BCUT2D eigenvalue weighted by atomic mass is 16.5. The van der Waals surface area contributed by atoms with Gasteiger partial charge in [0.1, 0.15) is 31.3 Å². The number of benzene rings is 1. The van der Waals surface area contributed by atoms with Crippen LogP contribution in [0.2, 0.25) is 0 Å². The van der Waals surface area contributed by atoms with E-state index in [4.69, 9.17) is 19.0 Å². The van der Waals surface area contributed by atoms with Gasteiger partial charge >= 0.3 is 0 Å². The second kappa shape index (κ2) is 8.05. The van der Waals surface area contributed by atoms with Crippen LogP contribution in [0.4, 0.5) is 0 Å². The van der Waals surface area contributed by atoms with Crippen molar-refractivity contribution in [1.29, 1.82) is 0 Å². The zero-order valence-electron chi connectivity index (χ0n) is 11.0. The maximum absolute atomic E-state index is 8.65. The van der Waals surface area contributed by atoms with E-state index in [-0.39, 0.29) is 6.61 Å². The molecule has 0 bridgehead atoms. The summed E-state index contributed by atoms with van der Waals surface area (Å²) >= 11 is 0. The van der Waals surface area contributed by atoms with Crippen molar-refractivity contribution in [3.63, 3.8) is 0 Å². The summed E-state index contributed by atoms with van der Waals surface area (Å²) in [5, 5.41) is 8.65. The van der Waals surface area contributed by atoms with Crippen molar-refractivity contribution in [2.75, 3.05) is 19.8 Å². The Balaban J connectivity index is 1.71. The minimum Gasteiger partial charge on any atom is -0.491 e. The first-order valence-electron chi connectivity index (χ1n) is 6.31. The number of ether oxygens (including phenoxy) is 2. The van der Waals surface area contributed by atoms with E-state index in [1.807, 2.05) is 36.4 Å². The quantitative estimate of drug-likeness (QED) is 0.647. The van der Waals surface area contributed by atoms with Gasteiger partial charge in [-0.25, -0.2) is 0 Å². The molecule has 0 aliphatic rings. The van der Waals surface area contributed by atoms with E-state index in [1.54, 1.807) is 6.26 Å². The molecule has 0 unspecified atom stereocenters.